The minimum atomic E-state index is -1.73. The molecule has 0 saturated carbocycles. The minimum Gasteiger partial charge on any atom is -0.417 e. The van der Waals surface area contributed by atoms with E-state index in [0.29, 0.717) is 0 Å². The highest BCUT2D eigenvalue weighted by Gasteiger charge is 2.36. The van der Waals surface area contributed by atoms with Gasteiger partial charge in [-0.25, -0.2) is 0 Å². The smallest absolute Gasteiger partial charge is 0.191 e. The normalized spacial score (nSPS) is 13.9. The quantitative estimate of drug-likeness (QED) is 0.213. The number of benzene rings is 3. The molecular weight excluding hydrogens is 428 g/mol. The summed E-state index contributed by atoms with van der Waals surface area (Å²) < 4.78 is 6.50. The molecule has 0 amide bonds. The Balaban J connectivity index is 1.88. The zero-order valence-corrected chi connectivity index (χ0v) is 22.5. The van der Waals surface area contributed by atoms with Crippen LogP contribution in [0, 0.1) is 0 Å². The second-order valence-electron chi connectivity index (χ2n) is 10.5. The van der Waals surface area contributed by atoms with Gasteiger partial charge in [-0.1, -0.05) is 136 Å². The summed E-state index contributed by atoms with van der Waals surface area (Å²) in [6, 6.07) is 32.1. The van der Waals surface area contributed by atoms with E-state index in [2.05, 4.69) is 143 Å². The third kappa shape index (κ3) is 7.68. The molecule has 1 atom stereocenters. The Bertz CT molecular complexity index is 1040. The molecule has 0 radical (unpaired) electrons. The molecule has 0 spiro atoms. The third-order valence-corrected chi connectivity index (χ3v) is 11.4. The van der Waals surface area contributed by atoms with Gasteiger partial charge < -0.3 is 4.43 Å². The Kier molecular flexibility index (Phi) is 9.26. The molecule has 34 heavy (non-hydrogen) atoms. The van der Waals surface area contributed by atoms with Crippen LogP contribution < -0.4 is 0 Å². The van der Waals surface area contributed by atoms with E-state index in [1.807, 2.05) is 0 Å². The lowest BCUT2D eigenvalue weighted by Gasteiger charge is -2.36. The molecule has 0 heterocycles. The molecule has 2 heteroatoms. The van der Waals surface area contributed by atoms with Crippen LogP contribution in [0.2, 0.25) is 18.1 Å². The number of hydrogen-bond donors (Lipinski definition) is 0. The van der Waals surface area contributed by atoms with Crippen molar-refractivity contribution in [2.75, 3.05) is 6.61 Å². The van der Waals surface area contributed by atoms with E-state index in [9.17, 15) is 0 Å². The lowest BCUT2D eigenvalue weighted by Crippen LogP contribution is -2.40. The molecule has 0 aliphatic heterocycles. The molecule has 0 saturated heterocycles. The van der Waals surface area contributed by atoms with E-state index in [0.717, 1.165) is 19.4 Å². The SMILES string of the molecule is CC(C)(C)[Si](C)(C)OCCC/C(=C\c1ccccc1)C(/C=C/c1ccccc1)c1ccccc1. The summed E-state index contributed by atoms with van der Waals surface area (Å²) in [5.41, 5.74) is 5.21. The van der Waals surface area contributed by atoms with E-state index in [-0.39, 0.29) is 11.0 Å². The summed E-state index contributed by atoms with van der Waals surface area (Å²) in [6.07, 6.45) is 9.01. The average Bonchev–Trinajstić information content (AvgIpc) is 2.83. The van der Waals surface area contributed by atoms with E-state index in [4.69, 9.17) is 4.43 Å². The standard InChI is InChI=1S/C32H40OSi/c1-32(2,3)34(4,5)33-25-15-22-30(26-28-18-11-7-12-19-28)31(29-20-13-8-14-21-29)24-23-27-16-9-6-10-17-27/h6-14,16-21,23-24,26,31H,15,22,25H2,1-5H3/b24-23+,30-26+. The lowest BCUT2D eigenvalue weighted by molar-refractivity contribution is 0.282. The van der Waals surface area contributed by atoms with Crippen molar-refractivity contribution in [2.24, 2.45) is 0 Å². The van der Waals surface area contributed by atoms with Gasteiger partial charge in [-0.05, 0) is 47.7 Å². The van der Waals surface area contributed by atoms with Crippen LogP contribution in [0.1, 0.15) is 56.2 Å². The van der Waals surface area contributed by atoms with Crippen LogP contribution in [0.25, 0.3) is 12.2 Å². The zero-order valence-electron chi connectivity index (χ0n) is 21.5. The molecule has 0 aromatic heterocycles. The predicted molar refractivity (Wildman–Crippen MR) is 151 cm³/mol. The van der Waals surface area contributed by atoms with Gasteiger partial charge in [0.15, 0.2) is 8.32 Å². The summed E-state index contributed by atoms with van der Waals surface area (Å²) in [5, 5.41) is 0.237. The molecule has 0 N–H and O–H groups in total. The number of allylic oxidation sites excluding steroid dienone is 2. The van der Waals surface area contributed by atoms with Crippen molar-refractivity contribution in [1.29, 1.82) is 0 Å². The molecule has 0 fully saturated rings. The van der Waals surface area contributed by atoms with Gasteiger partial charge in [0.2, 0.25) is 0 Å². The molecule has 0 bridgehead atoms. The maximum atomic E-state index is 6.50. The molecule has 3 rings (SSSR count). The fourth-order valence-electron chi connectivity index (χ4n) is 3.78. The first-order valence-corrected chi connectivity index (χ1v) is 15.3. The molecule has 3 aromatic carbocycles. The highest BCUT2D eigenvalue weighted by Crippen LogP contribution is 2.37. The fraction of sp³-hybridized carbons (Fsp3) is 0.312. The lowest BCUT2D eigenvalue weighted by atomic mass is 9.86. The van der Waals surface area contributed by atoms with Crippen LogP contribution in [-0.2, 0) is 4.43 Å². The molecule has 178 valence electrons. The molecule has 1 nitrogen and oxygen atoms in total. The maximum absolute atomic E-state index is 6.50. The van der Waals surface area contributed by atoms with Gasteiger partial charge in [0, 0.05) is 12.5 Å². The third-order valence-electron chi connectivity index (χ3n) is 6.87. The van der Waals surface area contributed by atoms with Gasteiger partial charge >= 0.3 is 0 Å². The monoisotopic (exact) mass is 468 g/mol. The molecule has 0 aliphatic carbocycles. The second-order valence-corrected chi connectivity index (χ2v) is 15.3. The summed E-state index contributed by atoms with van der Waals surface area (Å²) in [5.74, 6) is 0.217. The Hall–Kier alpha value is -2.68. The van der Waals surface area contributed by atoms with Crippen molar-refractivity contribution in [2.45, 2.75) is 57.7 Å². The van der Waals surface area contributed by atoms with Crippen molar-refractivity contribution >= 4 is 20.5 Å². The van der Waals surface area contributed by atoms with E-state index < -0.39 is 8.32 Å². The van der Waals surface area contributed by atoms with Crippen LogP contribution in [-0.4, -0.2) is 14.9 Å². The first kappa shape index (κ1) is 25.9. The van der Waals surface area contributed by atoms with Crippen molar-refractivity contribution in [3.05, 3.63) is 119 Å². The minimum absolute atomic E-state index is 0.217. The van der Waals surface area contributed by atoms with E-state index in [1.54, 1.807) is 0 Å². The molecule has 0 aliphatic rings. The summed E-state index contributed by atoms with van der Waals surface area (Å²) in [6.45, 7) is 12.4. The highest BCUT2D eigenvalue weighted by atomic mass is 28.4. The maximum Gasteiger partial charge on any atom is 0.191 e. The molecule has 3 aromatic rings. The second kappa shape index (κ2) is 12.1. The highest BCUT2D eigenvalue weighted by molar-refractivity contribution is 6.74. The van der Waals surface area contributed by atoms with Crippen molar-refractivity contribution in [3.8, 4) is 0 Å². The van der Waals surface area contributed by atoms with Gasteiger partial charge in [-0.15, -0.1) is 0 Å². The van der Waals surface area contributed by atoms with E-state index in [1.165, 1.54) is 22.3 Å². The van der Waals surface area contributed by atoms with Crippen LogP contribution in [0.15, 0.2) is 103 Å². The average molecular weight is 469 g/mol. The van der Waals surface area contributed by atoms with Crippen LogP contribution in [0.4, 0.5) is 0 Å². The van der Waals surface area contributed by atoms with Crippen molar-refractivity contribution in [1.82, 2.24) is 0 Å². The molecular formula is C32H40OSi. The number of rotatable bonds is 10. The van der Waals surface area contributed by atoms with E-state index >= 15 is 0 Å². The summed E-state index contributed by atoms with van der Waals surface area (Å²) in [4.78, 5) is 0. The van der Waals surface area contributed by atoms with Crippen molar-refractivity contribution in [3.63, 3.8) is 0 Å². The summed E-state index contributed by atoms with van der Waals surface area (Å²) >= 11 is 0. The molecule has 1 unspecified atom stereocenters. The van der Waals surface area contributed by atoms with Gasteiger partial charge in [0.05, 0.1) is 0 Å². The van der Waals surface area contributed by atoms with Crippen molar-refractivity contribution < 1.29 is 4.43 Å². The largest absolute Gasteiger partial charge is 0.417 e. The first-order valence-electron chi connectivity index (χ1n) is 12.4. The summed E-state index contributed by atoms with van der Waals surface area (Å²) in [7, 11) is -1.73. The van der Waals surface area contributed by atoms with Crippen LogP contribution >= 0.6 is 0 Å². The predicted octanol–water partition coefficient (Wildman–Crippen LogP) is 9.37. The number of hydrogen-bond acceptors (Lipinski definition) is 1. The van der Waals surface area contributed by atoms with Gasteiger partial charge in [0.25, 0.3) is 0 Å². The Morgan fingerprint density at radius 2 is 1.32 bits per heavy atom. The Labute approximate surface area is 208 Å². The van der Waals surface area contributed by atoms with Gasteiger partial charge in [0.1, 0.15) is 0 Å². The first-order chi connectivity index (χ1) is 16.3. The van der Waals surface area contributed by atoms with Crippen LogP contribution in [0.3, 0.4) is 0 Å². The Morgan fingerprint density at radius 3 is 1.88 bits per heavy atom. The van der Waals surface area contributed by atoms with Crippen LogP contribution in [0.5, 0.6) is 0 Å². The topological polar surface area (TPSA) is 9.23 Å². The Morgan fingerprint density at radius 1 is 0.794 bits per heavy atom. The zero-order chi connectivity index (χ0) is 24.4. The van der Waals surface area contributed by atoms with Gasteiger partial charge in [-0.3, -0.25) is 0 Å². The fourth-order valence-corrected chi connectivity index (χ4v) is 4.87. The van der Waals surface area contributed by atoms with Gasteiger partial charge in [-0.2, -0.15) is 0 Å².